The van der Waals surface area contributed by atoms with Crippen LogP contribution in [-0.4, -0.2) is 22.7 Å². The minimum absolute atomic E-state index is 0.171. The molecule has 1 N–H and O–H groups in total. The molecule has 2 unspecified atom stereocenters. The van der Waals surface area contributed by atoms with E-state index in [-0.39, 0.29) is 5.92 Å². The molecule has 0 amide bonds. The highest BCUT2D eigenvalue weighted by Gasteiger charge is 2.26. The van der Waals surface area contributed by atoms with Gasteiger partial charge >= 0.3 is 0 Å². The largest absolute Gasteiger partial charge is 0.339 e. The number of nitriles is 1. The molecule has 5 nitrogen and oxygen atoms in total. The van der Waals surface area contributed by atoms with Crippen LogP contribution >= 0.6 is 0 Å². The van der Waals surface area contributed by atoms with Gasteiger partial charge in [-0.15, -0.1) is 0 Å². The number of rotatable bonds is 4. The SMILES string of the molecule is Cc1noc(CCNC2CCCC2C#N)n1. The first-order valence-corrected chi connectivity index (χ1v) is 5.72. The zero-order valence-electron chi connectivity index (χ0n) is 9.44. The molecule has 1 heterocycles. The minimum Gasteiger partial charge on any atom is -0.339 e. The summed E-state index contributed by atoms with van der Waals surface area (Å²) < 4.78 is 5.02. The van der Waals surface area contributed by atoms with Gasteiger partial charge in [-0.2, -0.15) is 10.2 Å². The molecule has 0 aliphatic heterocycles. The first-order chi connectivity index (χ1) is 7.79. The van der Waals surface area contributed by atoms with E-state index in [1.165, 1.54) is 0 Å². The lowest BCUT2D eigenvalue weighted by atomic mass is 10.1. The highest BCUT2D eigenvalue weighted by molar-refractivity contribution is 4.96. The standard InChI is InChI=1S/C11H16N4O/c1-8-14-11(16-15-8)5-6-13-10-4-2-3-9(10)7-12/h9-10,13H,2-6H2,1H3. The lowest BCUT2D eigenvalue weighted by molar-refractivity contribution is 0.366. The Hall–Kier alpha value is -1.41. The summed E-state index contributed by atoms with van der Waals surface area (Å²) in [6.07, 6.45) is 4.00. The van der Waals surface area contributed by atoms with Crippen molar-refractivity contribution in [2.45, 2.75) is 38.6 Å². The number of hydrogen-bond donors (Lipinski definition) is 1. The first kappa shape index (κ1) is 11.1. The molecule has 5 heteroatoms. The normalized spacial score (nSPS) is 24.5. The molecule has 2 rings (SSSR count). The fourth-order valence-corrected chi connectivity index (χ4v) is 2.16. The Balaban J connectivity index is 1.74. The van der Waals surface area contributed by atoms with Crippen molar-refractivity contribution in [3.05, 3.63) is 11.7 Å². The molecule has 1 saturated carbocycles. The molecular weight excluding hydrogens is 204 g/mol. The summed E-state index contributed by atoms with van der Waals surface area (Å²) in [5.41, 5.74) is 0. The number of aromatic nitrogens is 2. The maximum absolute atomic E-state index is 8.93. The van der Waals surface area contributed by atoms with E-state index < -0.39 is 0 Å². The molecule has 16 heavy (non-hydrogen) atoms. The van der Waals surface area contributed by atoms with Crippen molar-refractivity contribution in [3.63, 3.8) is 0 Å². The molecule has 1 aromatic heterocycles. The van der Waals surface area contributed by atoms with Crippen molar-refractivity contribution in [3.8, 4) is 6.07 Å². The molecule has 0 spiro atoms. The Labute approximate surface area is 94.8 Å². The van der Waals surface area contributed by atoms with Crippen LogP contribution in [0.2, 0.25) is 0 Å². The second-order valence-corrected chi connectivity index (χ2v) is 4.21. The van der Waals surface area contributed by atoms with Crippen LogP contribution in [0.3, 0.4) is 0 Å². The minimum atomic E-state index is 0.171. The smallest absolute Gasteiger partial charge is 0.227 e. The fourth-order valence-electron chi connectivity index (χ4n) is 2.16. The van der Waals surface area contributed by atoms with Gasteiger partial charge in [-0.25, -0.2) is 0 Å². The Kier molecular flexibility index (Phi) is 3.52. The Bertz CT molecular complexity index is 382. The van der Waals surface area contributed by atoms with Gasteiger partial charge in [0.25, 0.3) is 0 Å². The van der Waals surface area contributed by atoms with Crippen LogP contribution in [0.25, 0.3) is 0 Å². The lowest BCUT2D eigenvalue weighted by Crippen LogP contribution is -2.33. The van der Waals surface area contributed by atoms with Crippen molar-refractivity contribution >= 4 is 0 Å². The van der Waals surface area contributed by atoms with Crippen molar-refractivity contribution in [1.29, 1.82) is 5.26 Å². The summed E-state index contributed by atoms with van der Waals surface area (Å²) in [4.78, 5) is 4.13. The maximum atomic E-state index is 8.93. The van der Waals surface area contributed by atoms with Gasteiger partial charge in [0.1, 0.15) is 0 Å². The number of nitrogens with one attached hydrogen (secondary N) is 1. The van der Waals surface area contributed by atoms with Crippen LogP contribution in [0.15, 0.2) is 4.52 Å². The van der Waals surface area contributed by atoms with Gasteiger partial charge in [-0.05, 0) is 19.8 Å². The Morgan fingerprint density at radius 2 is 2.44 bits per heavy atom. The second-order valence-electron chi connectivity index (χ2n) is 4.21. The molecule has 2 atom stereocenters. The molecule has 1 fully saturated rings. The van der Waals surface area contributed by atoms with Gasteiger partial charge < -0.3 is 9.84 Å². The fraction of sp³-hybridized carbons (Fsp3) is 0.727. The number of aryl methyl sites for hydroxylation is 1. The third kappa shape index (κ3) is 2.58. The van der Waals surface area contributed by atoms with Gasteiger partial charge in [-0.1, -0.05) is 11.6 Å². The van der Waals surface area contributed by atoms with Crippen LogP contribution in [0.1, 0.15) is 31.0 Å². The van der Waals surface area contributed by atoms with E-state index in [1.807, 2.05) is 6.92 Å². The van der Waals surface area contributed by atoms with Gasteiger partial charge in [0.15, 0.2) is 5.82 Å². The molecule has 1 aliphatic carbocycles. The first-order valence-electron chi connectivity index (χ1n) is 5.72. The van der Waals surface area contributed by atoms with Crippen LogP contribution in [-0.2, 0) is 6.42 Å². The van der Waals surface area contributed by atoms with Gasteiger partial charge in [0.2, 0.25) is 5.89 Å². The molecule has 1 aromatic rings. The predicted octanol–water partition coefficient (Wildman–Crippen LogP) is 1.20. The molecule has 0 bridgehead atoms. The molecule has 0 aromatic carbocycles. The van der Waals surface area contributed by atoms with Gasteiger partial charge in [-0.3, -0.25) is 0 Å². The van der Waals surface area contributed by atoms with Crippen LogP contribution in [0, 0.1) is 24.2 Å². The van der Waals surface area contributed by atoms with Gasteiger partial charge in [0, 0.05) is 19.0 Å². The molecule has 1 aliphatic rings. The topological polar surface area (TPSA) is 74.7 Å². The Morgan fingerprint density at radius 1 is 1.56 bits per heavy atom. The third-order valence-electron chi connectivity index (χ3n) is 3.00. The van der Waals surface area contributed by atoms with E-state index in [0.29, 0.717) is 17.8 Å². The molecule has 0 radical (unpaired) electrons. The molecule has 0 saturated heterocycles. The summed E-state index contributed by atoms with van der Waals surface area (Å²) in [6, 6.07) is 2.69. The van der Waals surface area contributed by atoms with E-state index in [0.717, 1.165) is 32.2 Å². The highest BCUT2D eigenvalue weighted by Crippen LogP contribution is 2.24. The summed E-state index contributed by atoms with van der Waals surface area (Å²) >= 11 is 0. The monoisotopic (exact) mass is 220 g/mol. The zero-order valence-corrected chi connectivity index (χ0v) is 9.44. The second kappa shape index (κ2) is 5.08. The number of hydrogen-bond acceptors (Lipinski definition) is 5. The molecular formula is C11H16N4O. The maximum Gasteiger partial charge on any atom is 0.227 e. The van der Waals surface area contributed by atoms with Crippen molar-refractivity contribution in [1.82, 2.24) is 15.5 Å². The van der Waals surface area contributed by atoms with Crippen molar-refractivity contribution < 1.29 is 4.52 Å². The highest BCUT2D eigenvalue weighted by atomic mass is 16.5. The lowest BCUT2D eigenvalue weighted by Gasteiger charge is -2.14. The number of nitrogens with zero attached hydrogens (tertiary/aromatic N) is 3. The zero-order chi connectivity index (χ0) is 11.4. The Morgan fingerprint density at radius 3 is 3.12 bits per heavy atom. The van der Waals surface area contributed by atoms with Crippen molar-refractivity contribution in [2.24, 2.45) is 5.92 Å². The molecule has 86 valence electrons. The third-order valence-corrected chi connectivity index (χ3v) is 3.00. The van der Waals surface area contributed by atoms with Crippen molar-refractivity contribution in [2.75, 3.05) is 6.54 Å². The van der Waals surface area contributed by atoms with E-state index in [1.54, 1.807) is 0 Å². The van der Waals surface area contributed by atoms with E-state index in [9.17, 15) is 0 Å². The van der Waals surface area contributed by atoms with Gasteiger partial charge in [0.05, 0.1) is 12.0 Å². The summed E-state index contributed by atoms with van der Waals surface area (Å²) in [5.74, 6) is 1.51. The van der Waals surface area contributed by atoms with E-state index >= 15 is 0 Å². The predicted molar refractivity (Wildman–Crippen MR) is 57.5 cm³/mol. The van der Waals surface area contributed by atoms with E-state index in [2.05, 4.69) is 21.5 Å². The van der Waals surface area contributed by atoms with Crippen LogP contribution in [0.4, 0.5) is 0 Å². The summed E-state index contributed by atoms with van der Waals surface area (Å²) in [7, 11) is 0. The average molecular weight is 220 g/mol. The van der Waals surface area contributed by atoms with Crippen LogP contribution in [0.5, 0.6) is 0 Å². The summed E-state index contributed by atoms with van der Waals surface area (Å²) in [5, 5.41) is 16.0. The van der Waals surface area contributed by atoms with E-state index in [4.69, 9.17) is 9.78 Å². The quantitative estimate of drug-likeness (QED) is 0.825. The van der Waals surface area contributed by atoms with Crippen LogP contribution < -0.4 is 5.32 Å². The summed E-state index contributed by atoms with van der Waals surface area (Å²) in [6.45, 7) is 2.60. The average Bonchev–Trinajstić information content (AvgIpc) is 2.87.